The van der Waals surface area contributed by atoms with Crippen molar-refractivity contribution in [2.75, 3.05) is 26.2 Å². The first-order valence-corrected chi connectivity index (χ1v) is 11.1. The summed E-state index contributed by atoms with van der Waals surface area (Å²) in [5.41, 5.74) is 13.6. The third-order valence-corrected chi connectivity index (χ3v) is 6.17. The first-order valence-electron chi connectivity index (χ1n) is 11.1. The van der Waals surface area contributed by atoms with E-state index in [1.54, 1.807) is 0 Å². The zero-order valence-corrected chi connectivity index (χ0v) is 20.8. The molecule has 8 nitrogen and oxygen atoms in total. The number of nitrogens with zero attached hydrogens (tertiary/aromatic N) is 4. The summed E-state index contributed by atoms with van der Waals surface area (Å²) < 4.78 is 0. The number of guanidine groups is 2. The highest BCUT2D eigenvalue weighted by Gasteiger charge is 2.31. The van der Waals surface area contributed by atoms with Crippen LogP contribution in [0.5, 0.6) is 0 Å². The number of fused-ring (bicyclic) bond motifs is 2. The Morgan fingerprint density at radius 1 is 0.765 bits per heavy atom. The number of hydrogen-bond acceptors (Lipinski definition) is 8. The molecule has 0 spiro atoms. The van der Waals surface area contributed by atoms with Gasteiger partial charge in [0.25, 0.3) is 0 Å². The summed E-state index contributed by atoms with van der Waals surface area (Å²) in [6, 6.07) is 13.1. The van der Waals surface area contributed by atoms with E-state index in [1.165, 1.54) is 33.4 Å². The minimum absolute atomic E-state index is 0. The molecule has 0 fully saturated rings. The van der Waals surface area contributed by atoms with Gasteiger partial charge in [0.05, 0.1) is 13.1 Å². The monoisotopic (exact) mass is 500 g/mol. The number of aryl methyl sites for hydroxylation is 2. The Balaban J connectivity index is 0.00000162. The van der Waals surface area contributed by atoms with E-state index in [2.05, 4.69) is 91.9 Å². The van der Waals surface area contributed by atoms with Crippen molar-refractivity contribution in [1.29, 1.82) is 0 Å². The van der Waals surface area contributed by atoms with Gasteiger partial charge in [-0.05, 0) is 47.2 Å². The molecule has 34 heavy (non-hydrogen) atoms. The Labute approximate surface area is 212 Å². The summed E-state index contributed by atoms with van der Waals surface area (Å²) in [4.78, 5) is 8.71. The lowest BCUT2D eigenvalue weighted by Crippen LogP contribution is -2.31. The van der Waals surface area contributed by atoms with Crippen molar-refractivity contribution in [3.8, 4) is 0 Å². The maximum absolute atomic E-state index is 4.53. The molecule has 2 aromatic rings. The van der Waals surface area contributed by atoms with Gasteiger partial charge in [0.1, 0.15) is 0 Å². The molecule has 4 N–H and O–H groups in total. The molecular formula is C24H30Cl2N8. The Bertz CT molecular complexity index is 1050. The fourth-order valence-corrected chi connectivity index (χ4v) is 4.42. The van der Waals surface area contributed by atoms with Gasteiger partial charge in [0, 0.05) is 37.4 Å². The predicted molar refractivity (Wildman–Crippen MR) is 144 cm³/mol. The first kappa shape index (κ1) is 25.5. The SMILES string of the molecule is Cc1cc2c(cc1C)C(/C=N/NC1=NCCN1)c1ccccc1C2/C=N/NC1=NCCN1.Cl.Cl. The third-order valence-electron chi connectivity index (χ3n) is 6.17. The van der Waals surface area contributed by atoms with Crippen molar-refractivity contribution in [3.63, 3.8) is 0 Å². The van der Waals surface area contributed by atoms with Crippen molar-refractivity contribution in [1.82, 2.24) is 21.5 Å². The molecule has 2 aliphatic heterocycles. The molecule has 0 radical (unpaired) electrons. The van der Waals surface area contributed by atoms with Crippen LogP contribution < -0.4 is 21.5 Å². The number of benzene rings is 2. The van der Waals surface area contributed by atoms with Gasteiger partial charge in [-0.15, -0.1) is 24.8 Å². The van der Waals surface area contributed by atoms with Crippen LogP contribution in [0.3, 0.4) is 0 Å². The molecule has 2 unspecified atom stereocenters. The molecule has 0 bridgehead atoms. The molecule has 180 valence electrons. The lowest BCUT2D eigenvalue weighted by molar-refractivity contribution is 0.879. The molecule has 0 saturated heterocycles. The van der Waals surface area contributed by atoms with Crippen LogP contribution in [0.25, 0.3) is 0 Å². The van der Waals surface area contributed by atoms with E-state index < -0.39 is 0 Å². The Morgan fingerprint density at radius 3 is 1.59 bits per heavy atom. The summed E-state index contributed by atoms with van der Waals surface area (Å²) >= 11 is 0. The van der Waals surface area contributed by atoms with Crippen LogP contribution >= 0.6 is 24.8 Å². The zero-order valence-electron chi connectivity index (χ0n) is 19.2. The molecular weight excluding hydrogens is 471 g/mol. The topological polar surface area (TPSA) is 97.6 Å². The minimum atomic E-state index is 0. The minimum Gasteiger partial charge on any atom is -0.353 e. The molecule has 2 heterocycles. The number of rotatable bonds is 4. The molecule has 10 heteroatoms. The van der Waals surface area contributed by atoms with Gasteiger partial charge in [-0.2, -0.15) is 10.2 Å². The van der Waals surface area contributed by atoms with Crippen LogP contribution in [0.15, 0.2) is 56.6 Å². The van der Waals surface area contributed by atoms with Gasteiger partial charge in [-0.3, -0.25) is 0 Å². The molecule has 0 aromatic heterocycles. The second-order valence-electron chi connectivity index (χ2n) is 8.24. The highest BCUT2D eigenvalue weighted by molar-refractivity contribution is 5.87. The largest absolute Gasteiger partial charge is 0.353 e. The van der Waals surface area contributed by atoms with Gasteiger partial charge in [0.2, 0.25) is 11.9 Å². The summed E-state index contributed by atoms with van der Waals surface area (Å²) in [7, 11) is 0. The molecule has 0 saturated carbocycles. The lowest BCUT2D eigenvalue weighted by Gasteiger charge is -2.31. The number of halogens is 2. The third kappa shape index (κ3) is 5.18. The average Bonchev–Trinajstić information content (AvgIpc) is 3.51. The van der Waals surface area contributed by atoms with Crippen LogP contribution in [0.4, 0.5) is 0 Å². The van der Waals surface area contributed by atoms with Crippen LogP contribution in [-0.4, -0.2) is 50.5 Å². The van der Waals surface area contributed by atoms with E-state index in [9.17, 15) is 0 Å². The molecule has 2 aromatic carbocycles. The molecule has 3 aliphatic rings. The van der Waals surface area contributed by atoms with Crippen LogP contribution in [-0.2, 0) is 0 Å². The van der Waals surface area contributed by atoms with Crippen LogP contribution in [0, 0.1) is 13.8 Å². The molecule has 2 atom stereocenters. The highest BCUT2D eigenvalue weighted by Crippen LogP contribution is 2.42. The molecule has 5 rings (SSSR count). The standard InChI is InChI=1S/C24H28N8.2ClH/c1-15-11-19-20(12-16(15)2)22(14-30-32-24-27-9-10-28-24)18-6-4-3-5-17(18)21(19)13-29-31-23-25-7-8-26-23;;/h3-6,11-14,21-22H,7-10H2,1-2H3,(H2,25,26,31)(H2,27,28,32);2*1H/b29-13+,30-14+;;. The van der Waals surface area contributed by atoms with Gasteiger partial charge < -0.3 is 10.6 Å². The zero-order chi connectivity index (χ0) is 21.9. The van der Waals surface area contributed by atoms with Crippen LogP contribution in [0.2, 0.25) is 0 Å². The quantitative estimate of drug-likeness (QED) is 0.383. The van der Waals surface area contributed by atoms with Gasteiger partial charge in [-0.25, -0.2) is 20.8 Å². The average molecular weight is 501 g/mol. The maximum atomic E-state index is 4.53. The fourth-order valence-electron chi connectivity index (χ4n) is 4.42. The van der Waals surface area contributed by atoms with E-state index in [1.807, 2.05) is 12.4 Å². The lowest BCUT2D eigenvalue weighted by atomic mass is 9.72. The van der Waals surface area contributed by atoms with Gasteiger partial charge in [0.15, 0.2) is 0 Å². The Hall–Kier alpha value is -3.10. The van der Waals surface area contributed by atoms with E-state index in [-0.39, 0.29) is 36.6 Å². The van der Waals surface area contributed by atoms with E-state index in [0.29, 0.717) is 0 Å². The van der Waals surface area contributed by atoms with Gasteiger partial charge in [-0.1, -0.05) is 36.4 Å². The second kappa shape index (κ2) is 11.4. The first-order chi connectivity index (χ1) is 15.7. The summed E-state index contributed by atoms with van der Waals surface area (Å²) in [6.07, 6.45) is 3.97. The van der Waals surface area contributed by atoms with E-state index in [0.717, 1.165) is 38.1 Å². The van der Waals surface area contributed by atoms with Crippen molar-refractivity contribution < 1.29 is 0 Å². The highest BCUT2D eigenvalue weighted by atomic mass is 35.5. The number of nitrogens with one attached hydrogen (secondary N) is 4. The normalized spacial score (nSPS) is 20.3. The molecule has 0 amide bonds. The van der Waals surface area contributed by atoms with Crippen molar-refractivity contribution in [2.24, 2.45) is 20.2 Å². The summed E-state index contributed by atoms with van der Waals surface area (Å²) in [5, 5.41) is 15.4. The van der Waals surface area contributed by atoms with Crippen LogP contribution in [0.1, 0.15) is 45.2 Å². The Morgan fingerprint density at radius 2 is 1.21 bits per heavy atom. The molecule has 1 aliphatic carbocycles. The number of aliphatic imine (C=N–C) groups is 2. The van der Waals surface area contributed by atoms with E-state index >= 15 is 0 Å². The fraction of sp³-hybridized carbons (Fsp3) is 0.333. The summed E-state index contributed by atoms with van der Waals surface area (Å²) in [6.45, 7) is 7.58. The van der Waals surface area contributed by atoms with Crippen molar-refractivity contribution >= 4 is 49.2 Å². The number of hydrazone groups is 2. The maximum Gasteiger partial charge on any atom is 0.212 e. The van der Waals surface area contributed by atoms with Gasteiger partial charge >= 0.3 is 0 Å². The smallest absolute Gasteiger partial charge is 0.212 e. The summed E-state index contributed by atoms with van der Waals surface area (Å²) in [5.74, 6) is 1.55. The second-order valence-corrected chi connectivity index (χ2v) is 8.24. The predicted octanol–water partition coefficient (Wildman–Crippen LogP) is 2.79. The van der Waals surface area contributed by atoms with E-state index in [4.69, 9.17) is 0 Å². The number of hydrogen-bond donors (Lipinski definition) is 4. The Kier molecular flexibility index (Phi) is 8.52. The van der Waals surface area contributed by atoms with Crippen molar-refractivity contribution in [3.05, 3.63) is 69.8 Å². The van der Waals surface area contributed by atoms with Crippen molar-refractivity contribution in [2.45, 2.75) is 25.7 Å².